The number of anilines is 1. The molecule has 0 radical (unpaired) electrons. The van der Waals surface area contributed by atoms with E-state index in [4.69, 9.17) is 5.73 Å². The van der Waals surface area contributed by atoms with E-state index in [9.17, 15) is 9.59 Å². The molecule has 0 aromatic heterocycles. The molecule has 5 heteroatoms. The first-order valence-electron chi connectivity index (χ1n) is 5.35. The standard InChI is InChI=1S/C12H13BrN2O2/c1-7-3-2-4-9(13)11(7)15-6-8(12(14)17)5-10(15)16/h2-4,8H,5-6H2,1H3,(H2,14,17). The molecule has 0 spiro atoms. The third-order valence-electron chi connectivity index (χ3n) is 2.99. The van der Waals surface area contributed by atoms with Crippen molar-refractivity contribution in [2.24, 2.45) is 11.7 Å². The number of halogens is 1. The van der Waals surface area contributed by atoms with Gasteiger partial charge in [-0.2, -0.15) is 0 Å². The molecule has 1 unspecified atom stereocenters. The van der Waals surface area contributed by atoms with Crippen molar-refractivity contribution < 1.29 is 9.59 Å². The van der Waals surface area contributed by atoms with E-state index < -0.39 is 5.91 Å². The molecular weight excluding hydrogens is 284 g/mol. The molecule has 1 aromatic carbocycles. The average molecular weight is 297 g/mol. The number of hydrogen-bond donors (Lipinski definition) is 1. The normalized spacial score (nSPS) is 19.8. The van der Waals surface area contributed by atoms with Gasteiger partial charge in [-0.1, -0.05) is 12.1 Å². The highest BCUT2D eigenvalue weighted by atomic mass is 79.9. The van der Waals surface area contributed by atoms with Crippen LogP contribution in [-0.2, 0) is 9.59 Å². The van der Waals surface area contributed by atoms with E-state index in [2.05, 4.69) is 15.9 Å². The number of hydrogen-bond acceptors (Lipinski definition) is 2. The maximum atomic E-state index is 11.9. The lowest BCUT2D eigenvalue weighted by molar-refractivity contribution is -0.123. The second kappa shape index (κ2) is 4.49. The summed E-state index contributed by atoms with van der Waals surface area (Å²) < 4.78 is 0.857. The summed E-state index contributed by atoms with van der Waals surface area (Å²) in [6, 6.07) is 5.73. The largest absolute Gasteiger partial charge is 0.369 e. The molecule has 0 aliphatic carbocycles. The Morgan fingerprint density at radius 3 is 2.76 bits per heavy atom. The van der Waals surface area contributed by atoms with Gasteiger partial charge in [-0.15, -0.1) is 0 Å². The molecular formula is C12H13BrN2O2. The van der Waals surface area contributed by atoms with Crippen LogP contribution >= 0.6 is 15.9 Å². The molecule has 1 aliphatic heterocycles. The van der Waals surface area contributed by atoms with E-state index in [-0.39, 0.29) is 18.2 Å². The van der Waals surface area contributed by atoms with Crippen molar-refractivity contribution >= 4 is 33.4 Å². The first kappa shape index (κ1) is 12.1. The van der Waals surface area contributed by atoms with Crippen molar-refractivity contribution in [2.75, 3.05) is 11.4 Å². The monoisotopic (exact) mass is 296 g/mol. The van der Waals surface area contributed by atoms with Crippen LogP contribution in [0, 0.1) is 12.8 Å². The van der Waals surface area contributed by atoms with Gasteiger partial charge in [0, 0.05) is 17.4 Å². The highest BCUT2D eigenvalue weighted by molar-refractivity contribution is 9.10. The minimum atomic E-state index is -0.412. The molecule has 0 bridgehead atoms. The highest BCUT2D eigenvalue weighted by Gasteiger charge is 2.35. The Kier molecular flexibility index (Phi) is 3.19. The topological polar surface area (TPSA) is 63.4 Å². The molecule has 4 nitrogen and oxygen atoms in total. The number of amides is 2. The minimum Gasteiger partial charge on any atom is -0.369 e. The zero-order valence-corrected chi connectivity index (χ0v) is 11.0. The van der Waals surface area contributed by atoms with E-state index in [0.717, 1.165) is 15.7 Å². The number of carbonyl (C=O) groups is 2. The lowest BCUT2D eigenvalue weighted by atomic mass is 10.1. The van der Waals surface area contributed by atoms with Gasteiger partial charge in [0.2, 0.25) is 11.8 Å². The smallest absolute Gasteiger partial charge is 0.227 e. The fraction of sp³-hybridized carbons (Fsp3) is 0.333. The van der Waals surface area contributed by atoms with Crippen molar-refractivity contribution in [2.45, 2.75) is 13.3 Å². The van der Waals surface area contributed by atoms with Crippen LogP contribution < -0.4 is 10.6 Å². The molecule has 1 atom stereocenters. The quantitative estimate of drug-likeness (QED) is 0.901. The van der Waals surface area contributed by atoms with Gasteiger partial charge in [0.25, 0.3) is 0 Å². The molecule has 1 fully saturated rings. The highest BCUT2D eigenvalue weighted by Crippen LogP contribution is 2.34. The Morgan fingerprint density at radius 1 is 1.53 bits per heavy atom. The van der Waals surface area contributed by atoms with E-state index in [1.54, 1.807) is 4.90 Å². The van der Waals surface area contributed by atoms with E-state index in [0.29, 0.717) is 6.54 Å². The van der Waals surface area contributed by atoms with Gasteiger partial charge in [-0.05, 0) is 34.5 Å². The SMILES string of the molecule is Cc1cccc(Br)c1N1CC(C(N)=O)CC1=O. The summed E-state index contributed by atoms with van der Waals surface area (Å²) in [7, 11) is 0. The van der Waals surface area contributed by atoms with Gasteiger partial charge in [-0.25, -0.2) is 0 Å². The van der Waals surface area contributed by atoms with Gasteiger partial charge < -0.3 is 10.6 Å². The number of primary amides is 1. The van der Waals surface area contributed by atoms with Crippen molar-refractivity contribution in [1.29, 1.82) is 0 Å². The van der Waals surface area contributed by atoms with Crippen LogP contribution in [0.4, 0.5) is 5.69 Å². The van der Waals surface area contributed by atoms with Gasteiger partial charge in [-0.3, -0.25) is 9.59 Å². The number of nitrogens with zero attached hydrogens (tertiary/aromatic N) is 1. The zero-order chi connectivity index (χ0) is 12.6. The number of nitrogens with two attached hydrogens (primary N) is 1. The Morgan fingerprint density at radius 2 is 2.24 bits per heavy atom. The molecule has 2 N–H and O–H groups in total. The van der Waals surface area contributed by atoms with E-state index >= 15 is 0 Å². The lowest BCUT2D eigenvalue weighted by Crippen LogP contribution is -2.29. The fourth-order valence-corrected chi connectivity index (χ4v) is 2.76. The average Bonchev–Trinajstić information content (AvgIpc) is 2.61. The molecule has 2 amide bonds. The van der Waals surface area contributed by atoms with Crippen molar-refractivity contribution in [3.63, 3.8) is 0 Å². The molecule has 90 valence electrons. The predicted molar refractivity (Wildman–Crippen MR) is 68.5 cm³/mol. The first-order valence-corrected chi connectivity index (χ1v) is 6.15. The number of benzene rings is 1. The summed E-state index contributed by atoms with van der Waals surface area (Å²) in [5.41, 5.74) is 7.08. The van der Waals surface area contributed by atoms with Crippen LogP contribution in [0.2, 0.25) is 0 Å². The molecule has 17 heavy (non-hydrogen) atoms. The lowest BCUT2D eigenvalue weighted by Gasteiger charge is -2.20. The maximum absolute atomic E-state index is 11.9. The molecule has 1 saturated heterocycles. The van der Waals surface area contributed by atoms with Gasteiger partial charge >= 0.3 is 0 Å². The fourth-order valence-electron chi connectivity index (χ4n) is 2.08. The summed E-state index contributed by atoms with van der Waals surface area (Å²) in [4.78, 5) is 24.7. The van der Waals surface area contributed by atoms with Gasteiger partial charge in [0.1, 0.15) is 0 Å². The van der Waals surface area contributed by atoms with E-state index in [1.165, 1.54) is 0 Å². The van der Waals surface area contributed by atoms with E-state index in [1.807, 2.05) is 25.1 Å². The second-order valence-electron chi connectivity index (χ2n) is 4.21. The summed E-state index contributed by atoms with van der Waals surface area (Å²) in [6.07, 6.45) is 0.204. The van der Waals surface area contributed by atoms with Crippen LogP contribution in [0.25, 0.3) is 0 Å². The van der Waals surface area contributed by atoms with Crippen LogP contribution in [-0.4, -0.2) is 18.4 Å². The Balaban J connectivity index is 2.35. The summed E-state index contributed by atoms with van der Waals surface area (Å²) in [5.74, 6) is -0.844. The van der Waals surface area contributed by atoms with Gasteiger partial charge in [0.05, 0.1) is 11.6 Å². The molecule has 1 heterocycles. The summed E-state index contributed by atoms with van der Waals surface area (Å²) >= 11 is 3.43. The number of rotatable bonds is 2. The predicted octanol–water partition coefficient (Wildman–Crippen LogP) is 1.60. The molecule has 0 saturated carbocycles. The number of para-hydroxylation sites is 1. The van der Waals surface area contributed by atoms with Crippen LogP contribution in [0.3, 0.4) is 0 Å². The summed E-state index contributed by atoms with van der Waals surface area (Å²) in [6.45, 7) is 2.31. The van der Waals surface area contributed by atoms with Crippen LogP contribution in [0.15, 0.2) is 22.7 Å². The van der Waals surface area contributed by atoms with Gasteiger partial charge in [0.15, 0.2) is 0 Å². The Labute approximate surface area is 108 Å². The zero-order valence-electron chi connectivity index (χ0n) is 9.44. The number of carbonyl (C=O) groups excluding carboxylic acids is 2. The first-order chi connectivity index (χ1) is 8.00. The number of aryl methyl sites for hydroxylation is 1. The summed E-state index contributed by atoms with van der Waals surface area (Å²) in [5, 5.41) is 0. The van der Waals surface area contributed by atoms with Crippen molar-refractivity contribution in [3.8, 4) is 0 Å². The molecule has 1 aromatic rings. The Hall–Kier alpha value is -1.36. The van der Waals surface area contributed by atoms with Crippen molar-refractivity contribution in [3.05, 3.63) is 28.2 Å². The molecule has 1 aliphatic rings. The third-order valence-corrected chi connectivity index (χ3v) is 3.63. The van der Waals surface area contributed by atoms with Crippen LogP contribution in [0.5, 0.6) is 0 Å². The van der Waals surface area contributed by atoms with Crippen molar-refractivity contribution in [1.82, 2.24) is 0 Å². The minimum absolute atomic E-state index is 0.0520. The second-order valence-corrected chi connectivity index (χ2v) is 5.07. The van der Waals surface area contributed by atoms with Crippen LogP contribution in [0.1, 0.15) is 12.0 Å². The maximum Gasteiger partial charge on any atom is 0.227 e. The molecule has 2 rings (SSSR count). The third kappa shape index (κ3) is 2.20. The Bertz CT molecular complexity index is 467.